The third-order valence-electron chi connectivity index (χ3n) is 2.81. The predicted octanol–water partition coefficient (Wildman–Crippen LogP) is 0.530. The lowest BCUT2D eigenvalue weighted by molar-refractivity contribution is -0.134. The van der Waals surface area contributed by atoms with Gasteiger partial charge in [-0.25, -0.2) is 0 Å². The van der Waals surface area contributed by atoms with Gasteiger partial charge >= 0.3 is 0 Å². The Balaban J connectivity index is 1.99. The average molecular weight is 255 g/mol. The lowest BCUT2D eigenvalue weighted by Gasteiger charge is -2.25. The maximum atomic E-state index is 11.8. The summed E-state index contributed by atoms with van der Waals surface area (Å²) in [6.45, 7) is 1.13. The lowest BCUT2D eigenvalue weighted by Crippen LogP contribution is -2.49. The predicted molar refractivity (Wildman–Crippen MR) is 69.8 cm³/mol. The number of nitrogens with zero attached hydrogens (tertiary/aromatic N) is 2. The van der Waals surface area contributed by atoms with E-state index < -0.39 is 0 Å². The molecule has 1 aromatic rings. The minimum absolute atomic E-state index is 0.108. The van der Waals surface area contributed by atoms with Gasteiger partial charge in [0.1, 0.15) is 0 Å². The van der Waals surface area contributed by atoms with Gasteiger partial charge in [0.25, 0.3) is 0 Å². The summed E-state index contributed by atoms with van der Waals surface area (Å²) in [6, 6.07) is 8.96. The molecule has 2 rings (SSSR count). The zero-order valence-electron chi connectivity index (χ0n) is 10.3. The molecule has 5 heteroatoms. The van der Waals surface area contributed by atoms with Crippen LogP contribution >= 0.6 is 0 Å². The fourth-order valence-electron chi connectivity index (χ4n) is 1.77. The van der Waals surface area contributed by atoms with Crippen LogP contribution in [-0.2, 0) is 9.59 Å². The Bertz CT molecular complexity index is 555. The quantitative estimate of drug-likeness (QED) is 0.783. The molecule has 1 N–H and O–H groups in total. The lowest BCUT2D eigenvalue weighted by atomic mass is 10.1. The van der Waals surface area contributed by atoms with Crippen molar-refractivity contribution in [1.82, 2.24) is 10.2 Å². The van der Waals surface area contributed by atoms with Crippen molar-refractivity contribution in [2.75, 3.05) is 19.6 Å². The van der Waals surface area contributed by atoms with E-state index in [4.69, 9.17) is 5.26 Å². The molecule has 1 saturated heterocycles. The van der Waals surface area contributed by atoms with E-state index in [1.807, 2.05) is 6.07 Å². The number of hydrogen-bond donors (Lipinski definition) is 1. The molecule has 5 nitrogen and oxygen atoms in total. The molecule has 0 aliphatic carbocycles. The number of carbonyl (C=O) groups is 2. The van der Waals surface area contributed by atoms with Crippen LogP contribution in [0.2, 0.25) is 0 Å². The van der Waals surface area contributed by atoms with E-state index in [1.54, 1.807) is 30.3 Å². The van der Waals surface area contributed by atoms with Crippen molar-refractivity contribution in [3.63, 3.8) is 0 Å². The second-order valence-electron chi connectivity index (χ2n) is 4.18. The maximum Gasteiger partial charge on any atom is 0.247 e. The summed E-state index contributed by atoms with van der Waals surface area (Å²) in [5.41, 5.74) is 1.42. The number of nitrogens with one attached hydrogen (secondary N) is 1. The second kappa shape index (κ2) is 5.83. The molecule has 0 aromatic heterocycles. The summed E-state index contributed by atoms with van der Waals surface area (Å²) in [4.78, 5) is 24.5. The molecule has 0 saturated carbocycles. The van der Waals surface area contributed by atoms with Gasteiger partial charge in [0.2, 0.25) is 11.8 Å². The van der Waals surface area contributed by atoms with E-state index >= 15 is 0 Å². The minimum atomic E-state index is -0.181. The van der Waals surface area contributed by atoms with Crippen LogP contribution in [0.4, 0.5) is 0 Å². The Morgan fingerprint density at radius 2 is 2.11 bits per heavy atom. The summed E-state index contributed by atoms with van der Waals surface area (Å²) in [7, 11) is 0. The number of hydrogen-bond acceptors (Lipinski definition) is 3. The monoisotopic (exact) mass is 255 g/mol. The zero-order chi connectivity index (χ0) is 13.7. The molecule has 1 aliphatic rings. The van der Waals surface area contributed by atoms with Gasteiger partial charge in [-0.15, -0.1) is 0 Å². The van der Waals surface area contributed by atoms with Crippen LogP contribution in [0.3, 0.4) is 0 Å². The topological polar surface area (TPSA) is 73.2 Å². The molecule has 1 aliphatic heterocycles. The van der Waals surface area contributed by atoms with Crippen LogP contribution in [0.25, 0.3) is 6.08 Å². The fraction of sp³-hybridized carbons (Fsp3) is 0.214. The van der Waals surface area contributed by atoms with Crippen LogP contribution in [0.15, 0.2) is 30.3 Å². The number of nitriles is 1. The van der Waals surface area contributed by atoms with Gasteiger partial charge in [0.05, 0.1) is 18.2 Å². The van der Waals surface area contributed by atoms with Crippen molar-refractivity contribution in [3.05, 3.63) is 41.5 Å². The normalized spacial score (nSPS) is 15.1. The molecule has 1 fully saturated rings. The first-order valence-electron chi connectivity index (χ1n) is 5.93. The van der Waals surface area contributed by atoms with E-state index in [-0.39, 0.29) is 18.4 Å². The number of amides is 2. The Kier molecular flexibility index (Phi) is 3.94. The van der Waals surface area contributed by atoms with Crippen molar-refractivity contribution in [2.45, 2.75) is 0 Å². The number of carbonyl (C=O) groups excluding carboxylic acids is 2. The highest BCUT2D eigenvalue weighted by atomic mass is 16.2. The van der Waals surface area contributed by atoms with Crippen molar-refractivity contribution < 1.29 is 9.59 Å². The smallest absolute Gasteiger partial charge is 0.247 e. The van der Waals surface area contributed by atoms with Crippen LogP contribution < -0.4 is 5.32 Å². The molecule has 96 valence electrons. The van der Waals surface area contributed by atoms with Gasteiger partial charge in [0, 0.05) is 19.2 Å². The van der Waals surface area contributed by atoms with Gasteiger partial charge in [-0.05, 0) is 23.8 Å². The number of benzene rings is 1. The Morgan fingerprint density at radius 1 is 1.37 bits per heavy atom. The van der Waals surface area contributed by atoms with E-state index in [2.05, 4.69) is 5.32 Å². The van der Waals surface area contributed by atoms with Gasteiger partial charge < -0.3 is 10.2 Å². The first-order valence-corrected chi connectivity index (χ1v) is 5.93. The molecular formula is C14H13N3O2. The molecule has 0 spiro atoms. The molecule has 1 heterocycles. The van der Waals surface area contributed by atoms with E-state index in [0.717, 1.165) is 5.56 Å². The van der Waals surface area contributed by atoms with E-state index in [9.17, 15) is 9.59 Å². The van der Waals surface area contributed by atoms with Gasteiger partial charge in [0.15, 0.2) is 0 Å². The minimum Gasteiger partial charge on any atom is -0.353 e. The van der Waals surface area contributed by atoms with Crippen molar-refractivity contribution in [1.29, 1.82) is 5.26 Å². The van der Waals surface area contributed by atoms with Crippen LogP contribution in [0.5, 0.6) is 0 Å². The highest BCUT2D eigenvalue weighted by molar-refractivity contribution is 5.94. The summed E-state index contributed by atoms with van der Waals surface area (Å²) in [6.07, 6.45) is 3.12. The van der Waals surface area contributed by atoms with Crippen LogP contribution in [0.1, 0.15) is 11.1 Å². The molecule has 0 bridgehead atoms. The van der Waals surface area contributed by atoms with Gasteiger partial charge in [-0.2, -0.15) is 5.26 Å². The van der Waals surface area contributed by atoms with Crippen molar-refractivity contribution in [3.8, 4) is 6.07 Å². The Hall–Kier alpha value is -2.61. The molecule has 0 unspecified atom stereocenters. The van der Waals surface area contributed by atoms with Crippen molar-refractivity contribution in [2.24, 2.45) is 0 Å². The van der Waals surface area contributed by atoms with Crippen LogP contribution in [0, 0.1) is 11.3 Å². The summed E-state index contributed by atoms with van der Waals surface area (Å²) >= 11 is 0. The largest absolute Gasteiger partial charge is 0.353 e. The first-order chi connectivity index (χ1) is 9.19. The molecule has 1 aromatic carbocycles. The molecule has 0 radical (unpaired) electrons. The SMILES string of the molecule is N#Cc1ccc(/C=C/C(=O)N2CCNC(=O)C2)cc1. The maximum absolute atomic E-state index is 11.8. The van der Waals surface area contributed by atoms with Crippen molar-refractivity contribution >= 4 is 17.9 Å². The van der Waals surface area contributed by atoms with Gasteiger partial charge in [-0.1, -0.05) is 12.1 Å². The summed E-state index contributed by atoms with van der Waals surface area (Å²) in [5.74, 6) is -0.314. The highest BCUT2D eigenvalue weighted by Crippen LogP contribution is 2.06. The fourth-order valence-corrected chi connectivity index (χ4v) is 1.77. The summed E-state index contributed by atoms with van der Waals surface area (Å²) in [5, 5.41) is 11.3. The summed E-state index contributed by atoms with van der Waals surface area (Å²) < 4.78 is 0. The molecule has 19 heavy (non-hydrogen) atoms. The number of rotatable bonds is 2. The van der Waals surface area contributed by atoms with Gasteiger partial charge in [-0.3, -0.25) is 9.59 Å². The highest BCUT2D eigenvalue weighted by Gasteiger charge is 2.18. The molecule has 0 atom stereocenters. The van der Waals surface area contributed by atoms with Crippen LogP contribution in [-0.4, -0.2) is 36.3 Å². The Labute approximate surface area is 111 Å². The third kappa shape index (κ3) is 3.42. The second-order valence-corrected chi connectivity index (χ2v) is 4.18. The Morgan fingerprint density at radius 3 is 2.74 bits per heavy atom. The van der Waals surface area contributed by atoms with E-state index in [0.29, 0.717) is 18.7 Å². The third-order valence-corrected chi connectivity index (χ3v) is 2.81. The standard InChI is InChI=1S/C14H13N3O2/c15-9-12-3-1-11(2-4-12)5-6-14(19)17-8-7-16-13(18)10-17/h1-6H,7-8,10H2,(H,16,18)/b6-5+. The first kappa shape index (κ1) is 12.8. The molecule has 2 amide bonds. The van der Waals surface area contributed by atoms with E-state index in [1.165, 1.54) is 11.0 Å². The molecular weight excluding hydrogens is 242 g/mol. The zero-order valence-corrected chi connectivity index (χ0v) is 10.3. The number of piperazine rings is 1. The average Bonchev–Trinajstić information content (AvgIpc) is 2.45.